The molecule has 1 heterocycles. The Hall–Kier alpha value is -3.55. The Bertz CT molecular complexity index is 1070. The Balaban J connectivity index is 1.88. The van der Waals surface area contributed by atoms with Crippen LogP contribution in [0.25, 0.3) is 0 Å². The first-order chi connectivity index (χ1) is 14.8. The Morgan fingerprint density at radius 3 is 2.42 bits per heavy atom. The standard InChI is InChI=1S/C23H28N6O2/c1-14-11-15(2)13-16(12-14)26-19-17(20(30)31)7-6-8-18(19)29-22(25)27-21(24)28-23(29)9-4-3-5-10-23/h6-8,11-13,26H,3-5,9-10H2,1-2H3,(H,30,31)(H4,24,25,27,28). The van der Waals surface area contributed by atoms with E-state index in [0.29, 0.717) is 11.4 Å². The second-order valence-corrected chi connectivity index (χ2v) is 8.32. The van der Waals surface area contributed by atoms with Crippen molar-refractivity contribution in [2.75, 3.05) is 10.2 Å². The molecule has 1 aliphatic heterocycles. The molecule has 1 fully saturated rings. The maximum Gasteiger partial charge on any atom is 0.337 e. The number of carboxylic acid groups (broad SMARTS) is 1. The highest BCUT2D eigenvalue weighted by Gasteiger charge is 2.43. The molecule has 0 saturated heterocycles. The van der Waals surface area contributed by atoms with E-state index in [9.17, 15) is 9.90 Å². The van der Waals surface area contributed by atoms with Gasteiger partial charge in [0.1, 0.15) is 5.66 Å². The molecule has 1 spiro atoms. The van der Waals surface area contributed by atoms with Gasteiger partial charge in [0.15, 0.2) is 0 Å². The highest BCUT2D eigenvalue weighted by Crippen LogP contribution is 2.43. The summed E-state index contributed by atoms with van der Waals surface area (Å²) in [5.74, 6) is -0.642. The molecule has 0 aromatic heterocycles. The van der Waals surface area contributed by atoms with Crippen LogP contribution in [-0.2, 0) is 0 Å². The average Bonchev–Trinajstić information content (AvgIpc) is 2.68. The van der Waals surface area contributed by atoms with E-state index in [4.69, 9.17) is 16.5 Å². The van der Waals surface area contributed by atoms with E-state index in [1.54, 1.807) is 12.1 Å². The summed E-state index contributed by atoms with van der Waals surface area (Å²) < 4.78 is 0. The third kappa shape index (κ3) is 3.93. The van der Waals surface area contributed by atoms with Gasteiger partial charge in [0.05, 0.1) is 16.9 Å². The van der Waals surface area contributed by atoms with Gasteiger partial charge >= 0.3 is 5.97 Å². The van der Waals surface area contributed by atoms with Gasteiger partial charge in [0, 0.05) is 5.69 Å². The SMILES string of the molecule is Cc1cc(C)cc(Nc2c(C(=O)O)cccc2N2C(N)=NC(N)=NC23CCCCC3)c1. The molecule has 2 aromatic carbocycles. The van der Waals surface area contributed by atoms with E-state index in [-0.39, 0.29) is 17.5 Å². The topological polar surface area (TPSA) is 129 Å². The summed E-state index contributed by atoms with van der Waals surface area (Å²) in [4.78, 5) is 22.9. The van der Waals surface area contributed by atoms with Gasteiger partial charge < -0.3 is 21.9 Å². The molecule has 4 rings (SSSR count). The summed E-state index contributed by atoms with van der Waals surface area (Å²) in [5.41, 5.74) is 15.9. The summed E-state index contributed by atoms with van der Waals surface area (Å²) in [6, 6.07) is 11.2. The second kappa shape index (κ2) is 7.94. The molecule has 0 atom stereocenters. The Morgan fingerprint density at radius 1 is 1.10 bits per heavy atom. The number of carboxylic acids is 1. The van der Waals surface area contributed by atoms with E-state index in [0.717, 1.165) is 48.9 Å². The zero-order valence-corrected chi connectivity index (χ0v) is 17.9. The predicted octanol–water partition coefficient (Wildman–Crippen LogP) is 3.86. The summed E-state index contributed by atoms with van der Waals surface area (Å²) in [6.07, 6.45) is 4.62. The van der Waals surface area contributed by atoms with Gasteiger partial charge in [-0.25, -0.2) is 9.79 Å². The van der Waals surface area contributed by atoms with Crippen LogP contribution in [0.2, 0.25) is 0 Å². The van der Waals surface area contributed by atoms with Gasteiger partial charge in [0.25, 0.3) is 0 Å². The van der Waals surface area contributed by atoms with E-state index < -0.39 is 11.6 Å². The molecule has 0 amide bonds. The first-order valence-electron chi connectivity index (χ1n) is 10.5. The third-order valence-corrected chi connectivity index (χ3v) is 5.86. The van der Waals surface area contributed by atoms with Gasteiger partial charge in [-0.2, -0.15) is 4.99 Å². The average molecular weight is 421 g/mol. The number of guanidine groups is 2. The van der Waals surface area contributed by atoms with Gasteiger partial charge in [-0.05, 0) is 74.9 Å². The van der Waals surface area contributed by atoms with Crippen molar-refractivity contribution in [1.82, 2.24) is 0 Å². The monoisotopic (exact) mass is 420 g/mol. The van der Waals surface area contributed by atoms with Crippen LogP contribution >= 0.6 is 0 Å². The summed E-state index contributed by atoms with van der Waals surface area (Å²) >= 11 is 0. The minimum Gasteiger partial charge on any atom is -0.478 e. The highest BCUT2D eigenvalue weighted by molar-refractivity contribution is 6.09. The van der Waals surface area contributed by atoms with Crippen LogP contribution in [0, 0.1) is 13.8 Å². The molecule has 2 aromatic rings. The zero-order valence-electron chi connectivity index (χ0n) is 17.9. The molecule has 8 nitrogen and oxygen atoms in total. The lowest BCUT2D eigenvalue weighted by Crippen LogP contribution is -2.58. The van der Waals surface area contributed by atoms with Crippen LogP contribution < -0.4 is 21.7 Å². The Morgan fingerprint density at radius 2 is 1.77 bits per heavy atom. The number of hydrogen-bond acceptors (Lipinski definition) is 7. The zero-order chi connectivity index (χ0) is 22.2. The minimum atomic E-state index is -1.03. The van der Waals surface area contributed by atoms with E-state index in [1.807, 2.05) is 36.9 Å². The smallest absolute Gasteiger partial charge is 0.337 e. The van der Waals surface area contributed by atoms with Crippen molar-refractivity contribution in [1.29, 1.82) is 0 Å². The molecule has 0 unspecified atom stereocenters. The number of nitrogens with one attached hydrogen (secondary N) is 1. The van der Waals surface area contributed by atoms with Gasteiger partial charge in [-0.15, -0.1) is 0 Å². The maximum atomic E-state index is 12.1. The van der Waals surface area contributed by atoms with Crippen molar-refractivity contribution >= 4 is 35.0 Å². The number of aromatic carboxylic acids is 1. The first kappa shape index (κ1) is 20.7. The fraction of sp³-hybridized carbons (Fsp3) is 0.348. The first-order valence-corrected chi connectivity index (χ1v) is 10.5. The lowest BCUT2D eigenvalue weighted by molar-refractivity contribution is 0.0698. The van der Waals surface area contributed by atoms with Crippen LogP contribution in [0.4, 0.5) is 17.1 Å². The molecule has 2 aliphatic rings. The fourth-order valence-corrected chi connectivity index (χ4v) is 4.70. The van der Waals surface area contributed by atoms with Crippen molar-refractivity contribution < 1.29 is 9.90 Å². The number of hydrogen-bond donors (Lipinski definition) is 4. The molecular weight excluding hydrogens is 392 g/mol. The molecule has 0 bridgehead atoms. The van der Waals surface area contributed by atoms with Crippen molar-refractivity contribution in [2.24, 2.45) is 21.5 Å². The molecule has 0 radical (unpaired) electrons. The van der Waals surface area contributed by atoms with Crippen LogP contribution in [0.3, 0.4) is 0 Å². The number of anilines is 3. The number of nitrogens with zero attached hydrogens (tertiary/aromatic N) is 3. The van der Waals surface area contributed by atoms with Crippen LogP contribution in [0.15, 0.2) is 46.4 Å². The summed E-state index contributed by atoms with van der Waals surface area (Å²) in [5, 5.41) is 13.3. The molecule has 1 aliphatic carbocycles. The Kier molecular flexibility index (Phi) is 5.31. The number of aliphatic imine (C=N–C) groups is 2. The van der Waals surface area contributed by atoms with Crippen LogP contribution in [0.1, 0.15) is 53.6 Å². The van der Waals surface area contributed by atoms with Crippen LogP contribution in [0.5, 0.6) is 0 Å². The number of rotatable bonds is 4. The van der Waals surface area contributed by atoms with Crippen molar-refractivity contribution in [2.45, 2.75) is 51.6 Å². The van der Waals surface area contributed by atoms with Gasteiger partial charge in [-0.3, -0.25) is 4.90 Å². The molecular formula is C23H28N6O2. The number of nitrogens with two attached hydrogens (primary N) is 2. The molecule has 31 heavy (non-hydrogen) atoms. The van der Waals surface area contributed by atoms with E-state index >= 15 is 0 Å². The van der Waals surface area contributed by atoms with Crippen molar-refractivity contribution in [3.63, 3.8) is 0 Å². The third-order valence-electron chi connectivity index (χ3n) is 5.86. The van der Waals surface area contributed by atoms with E-state index in [2.05, 4.69) is 16.4 Å². The number of benzene rings is 2. The van der Waals surface area contributed by atoms with Gasteiger partial charge in [0.2, 0.25) is 11.9 Å². The van der Waals surface area contributed by atoms with Crippen molar-refractivity contribution in [3.05, 3.63) is 53.1 Å². The Labute approximate surface area is 181 Å². The second-order valence-electron chi connectivity index (χ2n) is 8.32. The molecule has 162 valence electrons. The summed E-state index contributed by atoms with van der Waals surface area (Å²) in [7, 11) is 0. The number of carbonyl (C=O) groups is 1. The predicted molar refractivity (Wildman–Crippen MR) is 124 cm³/mol. The largest absolute Gasteiger partial charge is 0.478 e. The summed E-state index contributed by atoms with van der Waals surface area (Å²) in [6.45, 7) is 4.01. The lowest BCUT2D eigenvalue weighted by atomic mass is 9.87. The molecule has 8 heteroatoms. The fourth-order valence-electron chi connectivity index (χ4n) is 4.70. The van der Waals surface area contributed by atoms with Crippen molar-refractivity contribution in [3.8, 4) is 0 Å². The van der Waals surface area contributed by atoms with Crippen LogP contribution in [-0.4, -0.2) is 28.7 Å². The van der Waals surface area contributed by atoms with E-state index in [1.165, 1.54) is 0 Å². The minimum absolute atomic E-state index is 0.151. The number of aryl methyl sites for hydroxylation is 2. The number of para-hydroxylation sites is 1. The normalized spacial score (nSPS) is 17.8. The maximum absolute atomic E-state index is 12.1. The molecule has 6 N–H and O–H groups in total. The highest BCUT2D eigenvalue weighted by atomic mass is 16.4. The van der Waals surface area contributed by atoms with Gasteiger partial charge in [-0.1, -0.05) is 18.6 Å². The quantitative estimate of drug-likeness (QED) is 0.594. The molecule has 1 saturated carbocycles. The lowest BCUT2D eigenvalue weighted by Gasteiger charge is -2.46.